The van der Waals surface area contributed by atoms with E-state index in [2.05, 4.69) is 15.4 Å². The molecule has 0 bridgehead atoms. The van der Waals surface area contributed by atoms with E-state index in [0.29, 0.717) is 18.4 Å². The van der Waals surface area contributed by atoms with E-state index in [-0.39, 0.29) is 6.10 Å². The van der Waals surface area contributed by atoms with Gasteiger partial charge in [0.2, 0.25) is 11.8 Å². The first-order chi connectivity index (χ1) is 7.15. The second-order valence-corrected chi connectivity index (χ2v) is 3.20. The number of anilines is 1. The fourth-order valence-electron chi connectivity index (χ4n) is 1.14. The standard InChI is InChI=1S/C9H16N4O2/c1-6-4-8(12-9(11-6)13-10)15-7(2)5-14-3/h4,7H,5,10H2,1-3H3,(H,11,12,13). The van der Waals surface area contributed by atoms with Crippen LogP contribution in [0.3, 0.4) is 0 Å². The van der Waals surface area contributed by atoms with Gasteiger partial charge in [-0.15, -0.1) is 0 Å². The molecule has 0 radical (unpaired) electrons. The maximum Gasteiger partial charge on any atom is 0.240 e. The Bertz CT molecular complexity index is 319. The van der Waals surface area contributed by atoms with Crippen LogP contribution in [-0.2, 0) is 4.74 Å². The Hall–Kier alpha value is -1.40. The van der Waals surface area contributed by atoms with E-state index in [0.717, 1.165) is 5.69 Å². The molecule has 0 aromatic carbocycles. The number of nitrogen functional groups attached to an aromatic ring is 1. The highest BCUT2D eigenvalue weighted by Crippen LogP contribution is 2.12. The molecule has 0 spiro atoms. The summed E-state index contributed by atoms with van der Waals surface area (Å²) < 4.78 is 10.5. The van der Waals surface area contributed by atoms with Gasteiger partial charge < -0.3 is 9.47 Å². The number of methoxy groups -OCH3 is 1. The summed E-state index contributed by atoms with van der Waals surface area (Å²) in [6.45, 7) is 4.25. The zero-order valence-corrected chi connectivity index (χ0v) is 9.15. The summed E-state index contributed by atoms with van der Waals surface area (Å²) in [5.74, 6) is 6.05. The van der Waals surface area contributed by atoms with Crippen LogP contribution in [0.5, 0.6) is 5.88 Å². The van der Waals surface area contributed by atoms with Gasteiger partial charge in [-0.25, -0.2) is 10.8 Å². The van der Waals surface area contributed by atoms with Crippen molar-refractivity contribution in [1.29, 1.82) is 0 Å². The fraction of sp³-hybridized carbons (Fsp3) is 0.556. The molecule has 1 atom stereocenters. The van der Waals surface area contributed by atoms with Crippen molar-refractivity contribution in [3.05, 3.63) is 11.8 Å². The molecular formula is C9H16N4O2. The average molecular weight is 212 g/mol. The SMILES string of the molecule is COCC(C)Oc1cc(C)nc(NN)n1. The third kappa shape index (κ3) is 3.69. The van der Waals surface area contributed by atoms with Crippen LogP contribution < -0.4 is 16.0 Å². The van der Waals surface area contributed by atoms with Gasteiger partial charge in [0, 0.05) is 18.9 Å². The van der Waals surface area contributed by atoms with E-state index < -0.39 is 0 Å². The lowest BCUT2D eigenvalue weighted by Gasteiger charge is -2.13. The largest absolute Gasteiger partial charge is 0.472 e. The average Bonchev–Trinajstić information content (AvgIpc) is 2.17. The minimum Gasteiger partial charge on any atom is -0.472 e. The number of nitrogens with two attached hydrogens (primary N) is 1. The Balaban J connectivity index is 2.71. The van der Waals surface area contributed by atoms with Gasteiger partial charge in [-0.2, -0.15) is 4.98 Å². The maximum absolute atomic E-state index is 5.51. The molecule has 1 unspecified atom stereocenters. The summed E-state index contributed by atoms with van der Waals surface area (Å²) in [5.41, 5.74) is 3.17. The molecule has 0 aliphatic heterocycles. The molecule has 15 heavy (non-hydrogen) atoms. The lowest BCUT2D eigenvalue weighted by atomic mass is 10.4. The topological polar surface area (TPSA) is 82.3 Å². The normalized spacial score (nSPS) is 12.3. The highest BCUT2D eigenvalue weighted by molar-refractivity contribution is 5.28. The molecule has 84 valence electrons. The van der Waals surface area contributed by atoms with Crippen LogP contribution in [0.25, 0.3) is 0 Å². The van der Waals surface area contributed by atoms with Crippen molar-refractivity contribution in [3.63, 3.8) is 0 Å². The first-order valence-corrected chi connectivity index (χ1v) is 4.63. The van der Waals surface area contributed by atoms with Gasteiger partial charge in [0.1, 0.15) is 6.10 Å². The van der Waals surface area contributed by atoms with E-state index in [9.17, 15) is 0 Å². The fourth-order valence-corrected chi connectivity index (χ4v) is 1.14. The molecule has 1 heterocycles. The molecule has 1 aromatic rings. The Morgan fingerprint density at radius 3 is 2.87 bits per heavy atom. The number of nitrogens with one attached hydrogen (secondary N) is 1. The minimum atomic E-state index is -0.0603. The van der Waals surface area contributed by atoms with Gasteiger partial charge in [0.15, 0.2) is 0 Å². The molecule has 1 rings (SSSR count). The third-order valence-corrected chi connectivity index (χ3v) is 1.68. The second-order valence-electron chi connectivity index (χ2n) is 3.20. The van der Waals surface area contributed by atoms with Crippen molar-refractivity contribution in [1.82, 2.24) is 9.97 Å². The van der Waals surface area contributed by atoms with Crippen molar-refractivity contribution >= 4 is 5.95 Å². The first kappa shape index (κ1) is 11.7. The number of nitrogens with zero attached hydrogens (tertiary/aromatic N) is 2. The molecule has 0 amide bonds. The number of hydrogen-bond acceptors (Lipinski definition) is 6. The highest BCUT2D eigenvalue weighted by Gasteiger charge is 2.06. The zero-order chi connectivity index (χ0) is 11.3. The number of rotatable bonds is 5. The Morgan fingerprint density at radius 2 is 2.27 bits per heavy atom. The van der Waals surface area contributed by atoms with Gasteiger partial charge >= 0.3 is 0 Å². The summed E-state index contributed by atoms with van der Waals surface area (Å²) in [6, 6.07) is 1.74. The van der Waals surface area contributed by atoms with E-state index >= 15 is 0 Å². The summed E-state index contributed by atoms with van der Waals surface area (Å²) in [6.07, 6.45) is -0.0603. The quantitative estimate of drug-likeness (QED) is 0.546. The predicted octanol–water partition coefficient (Wildman–Crippen LogP) is 0.484. The number of aryl methyl sites for hydroxylation is 1. The summed E-state index contributed by atoms with van der Waals surface area (Å²) >= 11 is 0. The molecule has 3 N–H and O–H groups in total. The van der Waals surface area contributed by atoms with Crippen LogP contribution in [0.15, 0.2) is 6.07 Å². The van der Waals surface area contributed by atoms with Crippen LogP contribution >= 0.6 is 0 Å². The second kappa shape index (κ2) is 5.47. The van der Waals surface area contributed by atoms with Crippen molar-refractivity contribution < 1.29 is 9.47 Å². The molecule has 6 heteroatoms. The van der Waals surface area contributed by atoms with E-state index in [1.54, 1.807) is 13.2 Å². The monoisotopic (exact) mass is 212 g/mol. The molecule has 6 nitrogen and oxygen atoms in total. The summed E-state index contributed by atoms with van der Waals surface area (Å²) in [5, 5.41) is 0. The summed E-state index contributed by atoms with van der Waals surface area (Å²) in [7, 11) is 1.62. The smallest absolute Gasteiger partial charge is 0.240 e. The van der Waals surface area contributed by atoms with Gasteiger partial charge in [0.25, 0.3) is 0 Å². The van der Waals surface area contributed by atoms with Crippen molar-refractivity contribution in [2.24, 2.45) is 5.84 Å². The van der Waals surface area contributed by atoms with Crippen LogP contribution in [-0.4, -0.2) is 29.8 Å². The van der Waals surface area contributed by atoms with Crippen molar-refractivity contribution in [2.75, 3.05) is 19.1 Å². The van der Waals surface area contributed by atoms with E-state index in [1.807, 2.05) is 13.8 Å². The number of hydrogen-bond donors (Lipinski definition) is 2. The summed E-state index contributed by atoms with van der Waals surface area (Å²) in [4.78, 5) is 8.10. The van der Waals surface area contributed by atoms with Crippen LogP contribution in [0.4, 0.5) is 5.95 Å². The van der Waals surface area contributed by atoms with Gasteiger partial charge in [0.05, 0.1) is 6.61 Å². The lowest BCUT2D eigenvalue weighted by Crippen LogP contribution is -2.19. The molecular weight excluding hydrogens is 196 g/mol. The Kier molecular flexibility index (Phi) is 4.26. The van der Waals surface area contributed by atoms with E-state index in [1.165, 1.54) is 0 Å². The maximum atomic E-state index is 5.51. The van der Waals surface area contributed by atoms with Gasteiger partial charge in [-0.05, 0) is 13.8 Å². The van der Waals surface area contributed by atoms with E-state index in [4.69, 9.17) is 15.3 Å². The van der Waals surface area contributed by atoms with Crippen LogP contribution in [0, 0.1) is 6.92 Å². The Morgan fingerprint density at radius 1 is 1.53 bits per heavy atom. The molecule has 0 aliphatic rings. The number of ether oxygens (including phenoxy) is 2. The van der Waals surface area contributed by atoms with Crippen molar-refractivity contribution in [3.8, 4) is 5.88 Å². The van der Waals surface area contributed by atoms with Gasteiger partial charge in [-0.3, -0.25) is 5.43 Å². The van der Waals surface area contributed by atoms with Crippen LogP contribution in [0.1, 0.15) is 12.6 Å². The Labute approximate surface area is 88.8 Å². The van der Waals surface area contributed by atoms with Crippen molar-refractivity contribution in [2.45, 2.75) is 20.0 Å². The first-order valence-electron chi connectivity index (χ1n) is 4.63. The predicted molar refractivity (Wildman–Crippen MR) is 56.5 cm³/mol. The van der Waals surface area contributed by atoms with Gasteiger partial charge in [-0.1, -0.05) is 0 Å². The molecule has 0 saturated carbocycles. The molecule has 0 aliphatic carbocycles. The number of aromatic nitrogens is 2. The zero-order valence-electron chi connectivity index (χ0n) is 9.15. The molecule has 1 aromatic heterocycles. The minimum absolute atomic E-state index is 0.0603. The number of hydrazine groups is 1. The third-order valence-electron chi connectivity index (χ3n) is 1.68. The lowest BCUT2D eigenvalue weighted by molar-refractivity contribution is 0.0889. The van der Waals surface area contributed by atoms with Crippen LogP contribution in [0.2, 0.25) is 0 Å². The molecule has 0 fully saturated rings. The highest BCUT2D eigenvalue weighted by atomic mass is 16.5. The molecule has 0 saturated heterocycles.